The van der Waals surface area contributed by atoms with Gasteiger partial charge in [-0.05, 0) is 75.0 Å². The standard InChI is InChI=1S/4C8H16O2.Ir/c4*1-3-5-6-7(4-2)8(9)10;/h4*7H,3-6H2,1-2H3,(H,9,10);/p-4. The molecule has 0 heterocycles. The molecule has 9 heteroatoms. The molecule has 0 aliphatic carbocycles. The summed E-state index contributed by atoms with van der Waals surface area (Å²) in [7, 11) is 0. The maximum atomic E-state index is 10.3. The summed E-state index contributed by atoms with van der Waals surface area (Å²) in [6.07, 6.45) is 14.1. The second-order valence-electron chi connectivity index (χ2n) is 10.3. The third-order valence-electron chi connectivity index (χ3n) is 6.93. The molecule has 0 aromatic heterocycles. The second kappa shape index (κ2) is 36.6. The molecule has 0 bridgehead atoms. The van der Waals surface area contributed by atoms with Crippen molar-refractivity contribution in [2.75, 3.05) is 0 Å². The van der Waals surface area contributed by atoms with E-state index in [9.17, 15) is 39.6 Å². The Kier molecular flexibility index (Phi) is 43.9. The number of carbonyl (C=O) groups is 4. The van der Waals surface area contributed by atoms with Gasteiger partial charge >= 0.3 is 0 Å². The molecule has 0 saturated carbocycles. The molecule has 0 aromatic rings. The van der Waals surface area contributed by atoms with Gasteiger partial charge in [0.25, 0.3) is 0 Å². The molecule has 0 amide bonds. The summed E-state index contributed by atoms with van der Waals surface area (Å²) >= 11 is 0. The Bertz CT molecular complexity index is 509. The maximum absolute atomic E-state index is 10.3. The van der Waals surface area contributed by atoms with E-state index in [2.05, 4.69) is 27.7 Å². The molecule has 0 saturated heterocycles. The first-order chi connectivity index (χ1) is 18.9. The van der Waals surface area contributed by atoms with Crippen molar-refractivity contribution in [1.82, 2.24) is 0 Å². The van der Waals surface area contributed by atoms with E-state index in [1.165, 1.54) is 0 Å². The number of aliphatic carboxylic acids is 4. The van der Waals surface area contributed by atoms with Crippen molar-refractivity contribution in [1.29, 1.82) is 0 Å². The number of hydrogen-bond donors (Lipinski definition) is 0. The number of carbonyl (C=O) groups excluding carboxylic acids is 4. The second-order valence-corrected chi connectivity index (χ2v) is 10.3. The molecule has 0 aliphatic heterocycles. The van der Waals surface area contributed by atoms with Gasteiger partial charge in [-0.25, -0.2) is 0 Å². The SMILES string of the molecule is CCCCC(CC)C(=O)[O-].CCCCC(CC)C(=O)[O-].CCCCC(CC)C(=O)[O-].CCCCC(CC)C(=O)[O-].[Ir]. The summed E-state index contributed by atoms with van der Waals surface area (Å²) in [5.41, 5.74) is 0. The Balaban J connectivity index is -0.000000139. The summed E-state index contributed by atoms with van der Waals surface area (Å²) in [6.45, 7) is 15.8. The molecular formula is C32H60IrO8-4. The van der Waals surface area contributed by atoms with E-state index in [1.807, 2.05) is 27.7 Å². The molecule has 249 valence electrons. The Morgan fingerprint density at radius 2 is 0.537 bits per heavy atom. The van der Waals surface area contributed by atoms with E-state index in [4.69, 9.17) is 0 Å². The van der Waals surface area contributed by atoms with E-state index >= 15 is 0 Å². The van der Waals surface area contributed by atoms with Crippen LogP contribution in [0.25, 0.3) is 0 Å². The van der Waals surface area contributed by atoms with Gasteiger partial charge in [0.05, 0.1) is 0 Å². The summed E-state index contributed by atoms with van der Waals surface area (Å²) in [4.78, 5) is 41.3. The number of carboxylic acid groups (broad SMARTS) is 4. The largest absolute Gasteiger partial charge is 0.550 e. The van der Waals surface area contributed by atoms with Gasteiger partial charge in [-0.1, -0.05) is 107 Å². The third kappa shape index (κ3) is 34.6. The molecule has 0 N–H and O–H groups in total. The van der Waals surface area contributed by atoms with E-state index in [0.29, 0.717) is 25.7 Å². The van der Waals surface area contributed by atoms with Crippen molar-refractivity contribution >= 4 is 23.9 Å². The summed E-state index contributed by atoms with van der Waals surface area (Å²) < 4.78 is 0. The van der Waals surface area contributed by atoms with Crippen molar-refractivity contribution in [2.24, 2.45) is 23.7 Å². The fraction of sp³-hybridized carbons (Fsp3) is 0.875. The first-order valence-electron chi connectivity index (χ1n) is 15.7. The zero-order valence-electron chi connectivity index (χ0n) is 27.2. The zero-order chi connectivity index (χ0) is 31.9. The molecule has 4 atom stereocenters. The molecular weight excluding hydrogens is 705 g/mol. The van der Waals surface area contributed by atoms with Gasteiger partial charge in [-0.15, -0.1) is 0 Å². The topological polar surface area (TPSA) is 161 Å². The van der Waals surface area contributed by atoms with Crippen LogP contribution in [0.15, 0.2) is 0 Å². The van der Waals surface area contributed by atoms with Gasteiger partial charge in [0.1, 0.15) is 0 Å². The van der Waals surface area contributed by atoms with Crippen molar-refractivity contribution in [2.45, 2.75) is 158 Å². The molecule has 0 fully saturated rings. The molecule has 1 radical (unpaired) electrons. The molecule has 41 heavy (non-hydrogen) atoms. The monoisotopic (exact) mass is 765 g/mol. The zero-order valence-corrected chi connectivity index (χ0v) is 29.6. The van der Waals surface area contributed by atoms with Crippen molar-refractivity contribution < 1.29 is 59.7 Å². The Morgan fingerprint density at radius 3 is 0.610 bits per heavy atom. The summed E-state index contributed by atoms with van der Waals surface area (Å²) in [5, 5.41) is 41.3. The molecule has 0 rings (SSSR count). The van der Waals surface area contributed by atoms with Crippen molar-refractivity contribution in [3.8, 4) is 0 Å². The van der Waals surface area contributed by atoms with Crippen LogP contribution in [0, 0.1) is 23.7 Å². The van der Waals surface area contributed by atoms with Crippen LogP contribution < -0.4 is 20.4 Å². The van der Waals surface area contributed by atoms with Crippen LogP contribution in [0.4, 0.5) is 0 Å². The predicted molar refractivity (Wildman–Crippen MR) is 153 cm³/mol. The van der Waals surface area contributed by atoms with Crippen LogP contribution in [0.1, 0.15) is 158 Å². The Labute approximate surface area is 264 Å². The van der Waals surface area contributed by atoms with Crippen LogP contribution in [0.5, 0.6) is 0 Å². The number of unbranched alkanes of at least 4 members (excludes halogenated alkanes) is 4. The Hall–Kier alpha value is -1.47. The van der Waals surface area contributed by atoms with E-state index in [0.717, 1.165) is 77.0 Å². The van der Waals surface area contributed by atoms with Crippen molar-refractivity contribution in [3.05, 3.63) is 0 Å². The fourth-order valence-corrected chi connectivity index (χ4v) is 3.76. The maximum Gasteiger partial charge on any atom is 0.0445 e. The quantitative estimate of drug-likeness (QED) is 0.181. The molecule has 0 aliphatic rings. The molecule has 8 nitrogen and oxygen atoms in total. The normalized spacial score (nSPS) is 12.7. The Morgan fingerprint density at radius 1 is 0.390 bits per heavy atom. The summed E-state index contributed by atoms with van der Waals surface area (Å²) in [6, 6.07) is 0. The smallest absolute Gasteiger partial charge is 0.0445 e. The van der Waals surface area contributed by atoms with E-state index in [1.54, 1.807) is 0 Å². The molecule has 4 unspecified atom stereocenters. The third-order valence-corrected chi connectivity index (χ3v) is 6.93. The molecule has 0 spiro atoms. The minimum absolute atomic E-state index is 0. The van der Waals surface area contributed by atoms with Crippen LogP contribution in [0.3, 0.4) is 0 Å². The fourth-order valence-electron chi connectivity index (χ4n) is 3.76. The van der Waals surface area contributed by atoms with Crippen LogP contribution in [-0.2, 0) is 39.3 Å². The van der Waals surface area contributed by atoms with Crippen LogP contribution >= 0.6 is 0 Å². The average Bonchev–Trinajstić information content (AvgIpc) is 2.91. The van der Waals surface area contributed by atoms with Gasteiger partial charge in [-0.2, -0.15) is 0 Å². The van der Waals surface area contributed by atoms with E-state index in [-0.39, 0.29) is 43.8 Å². The number of carboxylic acids is 4. The van der Waals surface area contributed by atoms with Crippen LogP contribution in [0.2, 0.25) is 0 Å². The van der Waals surface area contributed by atoms with E-state index < -0.39 is 23.9 Å². The van der Waals surface area contributed by atoms with Gasteiger partial charge < -0.3 is 39.6 Å². The van der Waals surface area contributed by atoms with Gasteiger partial charge in [0.15, 0.2) is 0 Å². The predicted octanol–water partition coefficient (Wildman–Crippen LogP) is 3.81. The van der Waals surface area contributed by atoms with Gasteiger partial charge in [0, 0.05) is 44.0 Å². The van der Waals surface area contributed by atoms with Crippen molar-refractivity contribution in [3.63, 3.8) is 0 Å². The minimum atomic E-state index is -0.893. The minimum Gasteiger partial charge on any atom is -0.550 e. The first kappa shape index (κ1) is 49.2. The first-order valence-corrected chi connectivity index (χ1v) is 15.7. The number of rotatable bonds is 20. The van der Waals surface area contributed by atoms with Gasteiger partial charge in [0.2, 0.25) is 0 Å². The van der Waals surface area contributed by atoms with Crippen LogP contribution in [-0.4, -0.2) is 23.9 Å². The van der Waals surface area contributed by atoms with Gasteiger partial charge in [-0.3, -0.25) is 0 Å². The average molecular weight is 765 g/mol. The molecule has 0 aromatic carbocycles. The number of hydrogen-bond acceptors (Lipinski definition) is 8. The summed E-state index contributed by atoms with van der Waals surface area (Å²) in [5.74, 6) is -4.46.